The van der Waals surface area contributed by atoms with Crippen molar-refractivity contribution in [3.05, 3.63) is 0 Å². The SMILES string of the molecule is CC(=O)[O-].CC(=O)[O-].O=S(=O)([O-])C(F)(F)F.O=S(=O)([O-])C(F)(F)F.[Cu+2].[Pd+2]. The van der Waals surface area contributed by atoms with Gasteiger partial charge in [0.2, 0.25) is 0 Å². The van der Waals surface area contributed by atoms with E-state index in [-0.39, 0.29) is 37.5 Å². The summed E-state index contributed by atoms with van der Waals surface area (Å²) in [7, 11) is -12.2. The molecule has 0 amide bonds. The Bertz CT molecular complexity index is 536. The minimum Gasteiger partial charge on any atom is -0.741 e. The second-order valence-corrected chi connectivity index (χ2v) is 5.53. The second kappa shape index (κ2) is 15.6. The van der Waals surface area contributed by atoms with Crippen LogP contribution < -0.4 is 10.2 Å². The van der Waals surface area contributed by atoms with Crippen LogP contribution in [0.3, 0.4) is 0 Å². The van der Waals surface area contributed by atoms with E-state index in [1.165, 1.54) is 0 Å². The summed E-state index contributed by atoms with van der Waals surface area (Å²) in [6, 6.07) is 0. The predicted molar refractivity (Wildman–Crippen MR) is 52.9 cm³/mol. The van der Waals surface area contributed by atoms with Gasteiger partial charge in [0.05, 0.1) is 0 Å². The third-order valence-corrected chi connectivity index (χ3v) is 1.70. The van der Waals surface area contributed by atoms with Gasteiger partial charge in [0.25, 0.3) is 0 Å². The molecule has 10 nitrogen and oxygen atoms in total. The molecule has 0 fully saturated rings. The zero-order valence-corrected chi connectivity index (χ0v) is 15.9. The maximum atomic E-state index is 10.7. The number of carbonyl (C=O) groups excluding carboxylic acids is 2. The van der Waals surface area contributed by atoms with E-state index in [4.69, 9.17) is 45.7 Å². The average Bonchev–Trinajstić information content (AvgIpc) is 2.08. The third kappa shape index (κ3) is 38.9. The molecule has 0 aliphatic rings. The number of carbonyl (C=O) groups is 2. The first kappa shape index (κ1) is 40.3. The average molecular weight is 586 g/mol. The first-order valence-corrected chi connectivity index (χ1v) is 7.18. The molecule has 0 saturated carbocycles. The monoisotopic (exact) mass is 585 g/mol. The van der Waals surface area contributed by atoms with Crippen LogP contribution in [0, 0.1) is 0 Å². The summed E-state index contributed by atoms with van der Waals surface area (Å²) in [6.07, 6.45) is 0. The third-order valence-electron chi connectivity index (χ3n) is 0.567. The molecule has 0 aromatic carbocycles. The molecule has 1 radical (unpaired) electrons. The Kier molecular flexibility index (Phi) is 24.1. The van der Waals surface area contributed by atoms with Gasteiger partial charge >= 0.3 is 48.5 Å². The number of halogens is 6. The molecule has 0 aliphatic heterocycles. The van der Waals surface area contributed by atoms with Crippen molar-refractivity contribution in [1.82, 2.24) is 0 Å². The summed E-state index contributed by atoms with van der Waals surface area (Å²) < 4.78 is 118. The molecule has 0 N–H and O–H groups in total. The van der Waals surface area contributed by atoms with Crippen molar-refractivity contribution in [3.63, 3.8) is 0 Å². The second-order valence-electron chi connectivity index (χ2n) is 2.78. The van der Waals surface area contributed by atoms with Crippen LogP contribution in [0.5, 0.6) is 0 Å². The fraction of sp³-hybridized carbons (Fsp3) is 0.667. The number of alkyl halides is 6. The van der Waals surface area contributed by atoms with Crippen molar-refractivity contribution in [2.24, 2.45) is 0 Å². The van der Waals surface area contributed by atoms with Crippen molar-refractivity contribution in [2.45, 2.75) is 24.9 Å². The van der Waals surface area contributed by atoms with Gasteiger partial charge in [0, 0.05) is 11.9 Å². The smallest absolute Gasteiger partial charge is 0.741 e. The molecule has 165 valence electrons. The van der Waals surface area contributed by atoms with Crippen LogP contribution in [0.1, 0.15) is 13.8 Å². The van der Waals surface area contributed by atoms with Crippen molar-refractivity contribution in [1.29, 1.82) is 0 Å². The summed E-state index contributed by atoms with van der Waals surface area (Å²) in [5.74, 6) is -2.17. The number of rotatable bonds is 0. The molecule has 0 atom stereocenters. The summed E-state index contributed by atoms with van der Waals surface area (Å²) >= 11 is 0. The van der Waals surface area contributed by atoms with Crippen LogP contribution in [0.2, 0.25) is 0 Å². The van der Waals surface area contributed by atoms with E-state index in [1.807, 2.05) is 0 Å². The van der Waals surface area contributed by atoms with Gasteiger partial charge in [-0.15, -0.1) is 0 Å². The Labute approximate surface area is 166 Å². The maximum absolute atomic E-state index is 10.7. The molecule has 0 aromatic heterocycles. The molecule has 0 aliphatic carbocycles. The topological polar surface area (TPSA) is 195 Å². The van der Waals surface area contributed by atoms with Crippen LogP contribution in [-0.4, -0.2) is 48.9 Å². The van der Waals surface area contributed by atoms with E-state index in [1.54, 1.807) is 0 Å². The van der Waals surface area contributed by atoms with Crippen LogP contribution in [0.4, 0.5) is 26.3 Å². The minimum atomic E-state index is -6.09. The van der Waals surface area contributed by atoms with Crippen LogP contribution in [0.15, 0.2) is 0 Å². The molecular weight excluding hydrogens is 580 g/mol. The van der Waals surface area contributed by atoms with Gasteiger partial charge in [-0.05, 0) is 13.8 Å². The number of aliphatic carboxylic acids is 2. The van der Waals surface area contributed by atoms with E-state index in [0.29, 0.717) is 0 Å². The van der Waals surface area contributed by atoms with Crippen LogP contribution in [-0.2, 0) is 67.3 Å². The van der Waals surface area contributed by atoms with Gasteiger partial charge in [0.1, 0.15) is 0 Å². The standard InChI is InChI=1S/2C2H4O2.2CHF3O3S.Cu.Pd/c2*1-2(3)4;2*2-1(3,4)8(5,6)7;;/h2*1H3,(H,3,4);2*(H,5,6,7);;/q;;;;2*+2/p-4. The number of hydrogen-bond donors (Lipinski definition) is 0. The van der Waals surface area contributed by atoms with Gasteiger partial charge in [-0.25, -0.2) is 16.8 Å². The van der Waals surface area contributed by atoms with Gasteiger partial charge in [-0.3, -0.25) is 0 Å². The van der Waals surface area contributed by atoms with Crippen LogP contribution in [0.25, 0.3) is 0 Å². The molecule has 0 rings (SSSR count). The van der Waals surface area contributed by atoms with E-state index < -0.39 is 43.2 Å². The maximum Gasteiger partial charge on any atom is 2.00 e. The Morgan fingerprint density at radius 3 is 0.731 bits per heavy atom. The zero-order chi connectivity index (χ0) is 21.2. The van der Waals surface area contributed by atoms with E-state index >= 15 is 0 Å². The fourth-order valence-corrected chi connectivity index (χ4v) is 0. The van der Waals surface area contributed by atoms with Crippen LogP contribution >= 0.6 is 0 Å². The Morgan fingerprint density at radius 1 is 0.692 bits per heavy atom. The molecule has 0 spiro atoms. The van der Waals surface area contributed by atoms with Gasteiger partial charge in [0.15, 0.2) is 20.2 Å². The molecular formula is C6H6CuF6O10PdS2. The summed E-state index contributed by atoms with van der Waals surface area (Å²) in [4.78, 5) is 17.8. The molecule has 0 saturated heterocycles. The molecule has 0 heterocycles. The van der Waals surface area contributed by atoms with Gasteiger partial charge in [-0.1, -0.05) is 0 Å². The molecule has 0 bridgehead atoms. The Balaban J connectivity index is -0.0000000525. The first-order valence-electron chi connectivity index (χ1n) is 4.36. The summed E-state index contributed by atoms with van der Waals surface area (Å²) in [5.41, 5.74) is -11.3. The van der Waals surface area contributed by atoms with E-state index in [0.717, 1.165) is 13.8 Å². The van der Waals surface area contributed by atoms with Crippen molar-refractivity contribution in [3.8, 4) is 0 Å². The minimum absolute atomic E-state index is 0. The first-order chi connectivity index (χ1) is 9.96. The van der Waals surface area contributed by atoms with Gasteiger partial charge in [-0.2, -0.15) is 26.3 Å². The number of carboxylic acids is 2. The summed E-state index contributed by atoms with van der Waals surface area (Å²) in [5, 5.41) is 17.8. The van der Waals surface area contributed by atoms with Gasteiger partial charge < -0.3 is 28.9 Å². The van der Waals surface area contributed by atoms with Crippen molar-refractivity contribution >= 4 is 32.2 Å². The van der Waals surface area contributed by atoms with E-state index in [9.17, 15) is 26.3 Å². The summed E-state index contributed by atoms with van der Waals surface area (Å²) in [6.45, 7) is 1.94. The number of carboxylic acid groups (broad SMARTS) is 2. The molecule has 20 heteroatoms. The molecule has 26 heavy (non-hydrogen) atoms. The molecule has 0 unspecified atom stereocenters. The quantitative estimate of drug-likeness (QED) is 0.128. The Hall–Kier alpha value is -0.478. The molecule has 0 aromatic rings. The van der Waals surface area contributed by atoms with Crippen molar-refractivity contribution in [2.75, 3.05) is 0 Å². The predicted octanol–water partition coefficient (Wildman–Crippen LogP) is -2.39. The zero-order valence-electron chi connectivity index (χ0n) is 11.8. The normalized spacial score (nSPS) is 10.5. The van der Waals surface area contributed by atoms with E-state index in [2.05, 4.69) is 0 Å². The number of hydrogen-bond acceptors (Lipinski definition) is 10. The fourth-order valence-electron chi connectivity index (χ4n) is 0. The largest absolute Gasteiger partial charge is 2.00 e. The van der Waals surface area contributed by atoms with Crippen molar-refractivity contribution < 1.29 is 110 Å². The Morgan fingerprint density at radius 2 is 0.731 bits per heavy atom.